The summed E-state index contributed by atoms with van der Waals surface area (Å²) in [6.07, 6.45) is 1.91. The molecule has 0 fully saturated rings. The monoisotopic (exact) mass is 218 g/mol. The molecular weight excluding hydrogens is 192 g/mol. The number of benzene rings is 1. The average molecular weight is 218 g/mol. The van der Waals surface area contributed by atoms with Crippen LogP contribution >= 0.6 is 0 Å². The van der Waals surface area contributed by atoms with Gasteiger partial charge in [0.15, 0.2) is 0 Å². The molecule has 1 rings (SSSR count). The van der Waals surface area contributed by atoms with Gasteiger partial charge in [0.05, 0.1) is 0 Å². The Hall–Kier alpha value is -1.30. The Morgan fingerprint density at radius 1 is 0.938 bits per heavy atom. The summed E-state index contributed by atoms with van der Waals surface area (Å²) < 4.78 is 0. The summed E-state index contributed by atoms with van der Waals surface area (Å²) in [5, 5.41) is 0. The van der Waals surface area contributed by atoms with Crippen molar-refractivity contribution in [3.05, 3.63) is 54.1 Å². The van der Waals surface area contributed by atoms with Crippen molar-refractivity contribution in [2.24, 2.45) is 0 Å². The fourth-order valence-electron chi connectivity index (χ4n) is 1.23. The molecule has 0 aliphatic rings. The predicted octanol–water partition coefficient (Wildman–Crippen LogP) is 5.72. The van der Waals surface area contributed by atoms with Crippen LogP contribution in [-0.4, -0.2) is 0 Å². The summed E-state index contributed by atoms with van der Waals surface area (Å²) in [6, 6.07) is 10.3. The lowest BCUT2D eigenvalue weighted by Gasteiger charge is -2.03. The quantitative estimate of drug-likeness (QED) is 0.557. The van der Waals surface area contributed by atoms with Crippen LogP contribution in [0.5, 0.6) is 0 Å². The molecule has 0 nitrogen and oxygen atoms in total. The Morgan fingerprint density at radius 3 is 1.69 bits per heavy atom. The van der Waals surface area contributed by atoms with Crippen LogP contribution in [0.4, 0.5) is 0 Å². The number of hydrogen-bond donors (Lipinski definition) is 0. The van der Waals surface area contributed by atoms with E-state index in [4.69, 9.17) is 0 Å². The first-order valence-corrected chi connectivity index (χ1v) is 6.11. The second kappa shape index (κ2) is 11.8. The standard InChI is InChI=1S/C12H14.2C2H6/c1-4-12(10(2)3)11-8-6-5-7-9-11;2*1-2/h4-9H,1H2,2-3H3;2*1-2H3. The molecule has 0 amide bonds. The van der Waals surface area contributed by atoms with Gasteiger partial charge in [0.2, 0.25) is 0 Å². The maximum absolute atomic E-state index is 3.80. The average Bonchev–Trinajstić information content (AvgIpc) is 2.36. The first-order valence-electron chi connectivity index (χ1n) is 6.11. The van der Waals surface area contributed by atoms with Crippen LogP contribution in [0, 0.1) is 0 Å². The Kier molecular flexibility index (Phi) is 12.6. The molecule has 0 radical (unpaired) electrons. The summed E-state index contributed by atoms with van der Waals surface area (Å²) in [5.41, 5.74) is 3.78. The lowest BCUT2D eigenvalue weighted by Crippen LogP contribution is -1.81. The molecule has 0 unspecified atom stereocenters. The normalized spacial score (nSPS) is 7.62. The van der Waals surface area contributed by atoms with Crippen molar-refractivity contribution < 1.29 is 0 Å². The van der Waals surface area contributed by atoms with Crippen LogP contribution in [0.15, 0.2) is 48.6 Å². The molecule has 0 N–H and O–H groups in total. The zero-order valence-electron chi connectivity index (χ0n) is 11.7. The van der Waals surface area contributed by atoms with Crippen molar-refractivity contribution in [2.75, 3.05) is 0 Å². The van der Waals surface area contributed by atoms with E-state index in [0.29, 0.717) is 0 Å². The SMILES string of the molecule is C=CC(=C(C)C)c1ccccc1.CC.CC. The largest absolute Gasteiger partial charge is 0.0985 e. The molecular formula is C16H26. The van der Waals surface area contributed by atoms with Gasteiger partial charge in [-0.1, -0.05) is 76.3 Å². The van der Waals surface area contributed by atoms with Gasteiger partial charge in [-0.15, -0.1) is 0 Å². The molecule has 0 heteroatoms. The minimum atomic E-state index is 1.23. The van der Waals surface area contributed by atoms with Crippen molar-refractivity contribution in [1.82, 2.24) is 0 Å². The van der Waals surface area contributed by atoms with Crippen LogP contribution in [-0.2, 0) is 0 Å². The number of allylic oxidation sites excluding steroid dienone is 3. The van der Waals surface area contributed by atoms with Crippen LogP contribution in [0.2, 0.25) is 0 Å². The number of rotatable bonds is 2. The highest BCUT2D eigenvalue weighted by Gasteiger charge is 1.96. The van der Waals surface area contributed by atoms with Gasteiger partial charge >= 0.3 is 0 Å². The Morgan fingerprint density at radius 2 is 1.38 bits per heavy atom. The Labute approximate surface area is 102 Å². The van der Waals surface area contributed by atoms with Crippen LogP contribution in [0.1, 0.15) is 47.1 Å². The van der Waals surface area contributed by atoms with E-state index in [2.05, 4.69) is 32.6 Å². The second-order valence-electron chi connectivity index (χ2n) is 2.98. The van der Waals surface area contributed by atoms with Gasteiger partial charge in [-0.25, -0.2) is 0 Å². The fraction of sp³-hybridized carbons (Fsp3) is 0.375. The van der Waals surface area contributed by atoms with Gasteiger partial charge in [0.25, 0.3) is 0 Å². The van der Waals surface area contributed by atoms with E-state index in [1.807, 2.05) is 52.0 Å². The second-order valence-corrected chi connectivity index (χ2v) is 2.98. The predicted molar refractivity (Wildman–Crippen MR) is 77.6 cm³/mol. The van der Waals surface area contributed by atoms with Gasteiger partial charge < -0.3 is 0 Å². The Bertz CT molecular complexity index is 287. The van der Waals surface area contributed by atoms with Crippen molar-refractivity contribution in [2.45, 2.75) is 41.5 Å². The van der Waals surface area contributed by atoms with Gasteiger partial charge in [-0.3, -0.25) is 0 Å². The van der Waals surface area contributed by atoms with Crippen molar-refractivity contribution in [3.8, 4) is 0 Å². The van der Waals surface area contributed by atoms with Crippen LogP contribution < -0.4 is 0 Å². The van der Waals surface area contributed by atoms with Crippen molar-refractivity contribution in [1.29, 1.82) is 0 Å². The zero-order valence-corrected chi connectivity index (χ0v) is 11.7. The smallest absolute Gasteiger partial charge is 0.0185 e. The molecule has 0 aromatic heterocycles. The molecule has 0 bridgehead atoms. The minimum Gasteiger partial charge on any atom is -0.0985 e. The third-order valence-electron chi connectivity index (χ3n) is 1.83. The molecule has 0 saturated carbocycles. The molecule has 0 spiro atoms. The van der Waals surface area contributed by atoms with E-state index in [1.54, 1.807) is 0 Å². The van der Waals surface area contributed by atoms with Crippen molar-refractivity contribution in [3.63, 3.8) is 0 Å². The molecule has 0 atom stereocenters. The molecule has 1 aromatic carbocycles. The molecule has 0 heterocycles. The maximum atomic E-state index is 3.80. The first kappa shape index (κ1) is 17.1. The van der Waals surface area contributed by atoms with Gasteiger partial charge in [-0.2, -0.15) is 0 Å². The highest BCUT2D eigenvalue weighted by Crippen LogP contribution is 2.18. The number of hydrogen-bond acceptors (Lipinski definition) is 0. The summed E-state index contributed by atoms with van der Waals surface area (Å²) in [4.78, 5) is 0. The summed E-state index contributed by atoms with van der Waals surface area (Å²) in [5.74, 6) is 0. The summed E-state index contributed by atoms with van der Waals surface area (Å²) in [7, 11) is 0. The van der Waals surface area contributed by atoms with E-state index < -0.39 is 0 Å². The zero-order chi connectivity index (χ0) is 13.0. The molecule has 0 saturated heterocycles. The lowest BCUT2D eigenvalue weighted by atomic mass is 10.0. The van der Waals surface area contributed by atoms with Gasteiger partial charge in [0.1, 0.15) is 0 Å². The minimum absolute atomic E-state index is 1.23. The third kappa shape index (κ3) is 6.23. The molecule has 16 heavy (non-hydrogen) atoms. The fourth-order valence-corrected chi connectivity index (χ4v) is 1.23. The van der Waals surface area contributed by atoms with E-state index >= 15 is 0 Å². The Balaban J connectivity index is 0. The van der Waals surface area contributed by atoms with Gasteiger partial charge in [-0.05, 0) is 25.0 Å². The lowest BCUT2D eigenvalue weighted by molar-refractivity contribution is 1.39. The van der Waals surface area contributed by atoms with E-state index in [9.17, 15) is 0 Å². The summed E-state index contributed by atoms with van der Waals surface area (Å²) >= 11 is 0. The maximum Gasteiger partial charge on any atom is -0.0185 e. The molecule has 0 aliphatic carbocycles. The first-order chi connectivity index (χ1) is 7.75. The molecule has 0 aliphatic heterocycles. The highest BCUT2D eigenvalue weighted by molar-refractivity contribution is 5.75. The third-order valence-corrected chi connectivity index (χ3v) is 1.83. The van der Waals surface area contributed by atoms with Crippen LogP contribution in [0.3, 0.4) is 0 Å². The van der Waals surface area contributed by atoms with Gasteiger partial charge in [0, 0.05) is 0 Å². The van der Waals surface area contributed by atoms with E-state index in [-0.39, 0.29) is 0 Å². The highest BCUT2D eigenvalue weighted by atomic mass is 14.0. The van der Waals surface area contributed by atoms with E-state index in [0.717, 1.165) is 0 Å². The molecule has 1 aromatic rings. The summed E-state index contributed by atoms with van der Waals surface area (Å²) in [6.45, 7) is 16.0. The molecule has 90 valence electrons. The topological polar surface area (TPSA) is 0 Å². The van der Waals surface area contributed by atoms with Crippen LogP contribution in [0.25, 0.3) is 5.57 Å². The van der Waals surface area contributed by atoms with Crippen molar-refractivity contribution >= 4 is 5.57 Å². The van der Waals surface area contributed by atoms with E-state index in [1.165, 1.54) is 16.7 Å².